The van der Waals surface area contributed by atoms with Crippen molar-refractivity contribution in [3.05, 3.63) is 59.5 Å². The summed E-state index contributed by atoms with van der Waals surface area (Å²) >= 11 is 0. The Morgan fingerprint density at radius 1 is 1.32 bits per heavy atom. The van der Waals surface area contributed by atoms with E-state index in [1.54, 1.807) is 7.11 Å². The van der Waals surface area contributed by atoms with Gasteiger partial charge in [0.25, 0.3) is 0 Å². The minimum absolute atomic E-state index is 0.0296. The van der Waals surface area contributed by atoms with Crippen LogP contribution in [0.1, 0.15) is 26.0 Å². The number of hydrogen-bond donors (Lipinski definition) is 1. The van der Waals surface area contributed by atoms with Gasteiger partial charge in [0.05, 0.1) is 36.1 Å². The number of allylic oxidation sites excluding steroid dienone is 4. The van der Waals surface area contributed by atoms with E-state index in [2.05, 4.69) is 25.2 Å². The van der Waals surface area contributed by atoms with Crippen molar-refractivity contribution in [3.8, 4) is 11.8 Å². The predicted molar refractivity (Wildman–Crippen MR) is 111 cm³/mol. The van der Waals surface area contributed by atoms with Crippen molar-refractivity contribution < 1.29 is 9.15 Å². The SMILES string of the molecule is COc1ccc2oc(C3=C(NCCC(C)C)C4C=CC(C#N)=CC4=N3)cc2c1. The molecule has 1 unspecified atom stereocenters. The second-order valence-electron chi connectivity index (χ2n) is 7.47. The van der Waals surface area contributed by atoms with Crippen molar-refractivity contribution in [1.29, 1.82) is 5.26 Å². The smallest absolute Gasteiger partial charge is 0.155 e. The highest BCUT2D eigenvalue weighted by atomic mass is 16.5. The van der Waals surface area contributed by atoms with Gasteiger partial charge in [-0.15, -0.1) is 0 Å². The number of aliphatic imine (C=N–C) groups is 1. The lowest BCUT2D eigenvalue weighted by molar-refractivity contribution is 0.415. The number of nitriles is 1. The van der Waals surface area contributed by atoms with Crippen LogP contribution in [0.15, 0.2) is 63.2 Å². The van der Waals surface area contributed by atoms with Gasteiger partial charge in [0.15, 0.2) is 5.76 Å². The number of ether oxygens (including phenoxy) is 1. The van der Waals surface area contributed by atoms with Crippen LogP contribution in [0.5, 0.6) is 5.75 Å². The molecule has 1 atom stereocenters. The van der Waals surface area contributed by atoms with Gasteiger partial charge in [-0.25, -0.2) is 4.99 Å². The van der Waals surface area contributed by atoms with Crippen molar-refractivity contribution >= 4 is 22.4 Å². The molecule has 2 aromatic rings. The van der Waals surface area contributed by atoms with Crippen molar-refractivity contribution in [2.75, 3.05) is 13.7 Å². The van der Waals surface area contributed by atoms with Crippen LogP contribution in [-0.2, 0) is 0 Å². The van der Waals surface area contributed by atoms with E-state index in [-0.39, 0.29) is 5.92 Å². The first-order chi connectivity index (χ1) is 13.6. The summed E-state index contributed by atoms with van der Waals surface area (Å²) in [7, 11) is 1.65. The number of fused-ring (bicyclic) bond motifs is 2. The molecule has 2 aliphatic rings. The van der Waals surface area contributed by atoms with Crippen LogP contribution in [0.25, 0.3) is 16.7 Å². The number of rotatable bonds is 6. The number of methoxy groups -OCH3 is 1. The summed E-state index contributed by atoms with van der Waals surface area (Å²) in [5, 5.41) is 13.8. The van der Waals surface area contributed by atoms with E-state index < -0.39 is 0 Å². The quantitative estimate of drug-likeness (QED) is 0.787. The Labute approximate surface area is 164 Å². The van der Waals surface area contributed by atoms with Crippen LogP contribution >= 0.6 is 0 Å². The lowest BCUT2D eigenvalue weighted by Gasteiger charge is -2.17. The first-order valence-electron chi connectivity index (χ1n) is 9.53. The van der Waals surface area contributed by atoms with Gasteiger partial charge < -0.3 is 14.5 Å². The number of hydrogen-bond acceptors (Lipinski definition) is 5. The van der Waals surface area contributed by atoms with Gasteiger partial charge in [0, 0.05) is 11.9 Å². The molecule has 1 aromatic heterocycles. The third kappa shape index (κ3) is 3.34. The summed E-state index contributed by atoms with van der Waals surface area (Å²) in [4.78, 5) is 4.83. The Morgan fingerprint density at radius 3 is 2.93 bits per heavy atom. The summed E-state index contributed by atoms with van der Waals surface area (Å²) in [5.41, 5.74) is 4.13. The number of furan rings is 1. The summed E-state index contributed by atoms with van der Waals surface area (Å²) in [5.74, 6) is 2.16. The first-order valence-corrected chi connectivity index (χ1v) is 9.53. The standard InChI is InChI=1S/C23H23N3O2/c1-14(2)8-9-25-22-18-6-4-15(13-24)10-19(18)26-23(22)21-12-16-11-17(27-3)5-7-20(16)28-21/h4-7,10-12,14,18,25H,8-9H2,1-3H3. The van der Waals surface area contributed by atoms with Crippen molar-refractivity contribution in [3.63, 3.8) is 0 Å². The zero-order chi connectivity index (χ0) is 19.7. The molecule has 2 heterocycles. The molecule has 0 radical (unpaired) electrons. The molecule has 28 heavy (non-hydrogen) atoms. The molecule has 1 aromatic carbocycles. The minimum atomic E-state index is 0.0296. The maximum Gasteiger partial charge on any atom is 0.155 e. The summed E-state index contributed by atoms with van der Waals surface area (Å²) in [6.07, 6.45) is 6.82. The fraction of sp³-hybridized carbons (Fsp3) is 0.304. The number of nitrogens with one attached hydrogen (secondary N) is 1. The Balaban J connectivity index is 1.75. The highest BCUT2D eigenvalue weighted by Crippen LogP contribution is 2.37. The predicted octanol–water partition coefficient (Wildman–Crippen LogP) is 4.84. The van der Waals surface area contributed by atoms with Gasteiger partial charge in [-0.1, -0.05) is 19.9 Å². The fourth-order valence-electron chi connectivity index (χ4n) is 3.49. The number of benzene rings is 1. The Kier molecular flexibility index (Phi) is 4.79. The molecule has 1 aliphatic carbocycles. The molecular formula is C23H23N3O2. The maximum absolute atomic E-state index is 9.22. The molecule has 5 nitrogen and oxygen atoms in total. The van der Waals surface area contributed by atoms with E-state index in [0.717, 1.165) is 52.6 Å². The molecule has 4 rings (SSSR count). The molecule has 0 amide bonds. The van der Waals surface area contributed by atoms with E-state index in [4.69, 9.17) is 14.1 Å². The molecule has 0 spiro atoms. The molecular weight excluding hydrogens is 350 g/mol. The van der Waals surface area contributed by atoms with Crippen molar-refractivity contribution in [2.24, 2.45) is 16.8 Å². The minimum Gasteiger partial charge on any atom is -0.497 e. The van der Waals surface area contributed by atoms with Crippen LogP contribution in [-0.4, -0.2) is 19.4 Å². The van der Waals surface area contributed by atoms with Gasteiger partial charge in [0.2, 0.25) is 0 Å². The van der Waals surface area contributed by atoms with Crippen LogP contribution in [0.2, 0.25) is 0 Å². The Morgan fingerprint density at radius 2 is 2.18 bits per heavy atom. The van der Waals surface area contributed by atoms with Crippen LogP contribution in [0, 0.1) is 23.2 Å². The highest BCUT2D eigenvalue weighted by molar-refractivity contribution is 6.09. The summed E-state index contributed by atoms with van der Waals surface area (Å²) in [6, 6.07) is 9.94. The molecule has 0 bridgehead atoms. The Bertz CT molecular complexity index is 1080. The lowest BCUT2D eigenvalue weighted by atomic mass is 9.93. The van der Waals surface area contributed by atoms with Gasteiger partial charge in [-0.05, 0) is 48.8 Å². The van der Waals surface area contributed by atoms with E-state index in [9.17, 15) is 5.26 Å². The Hall–Kier alpha value is -3.26. The summed E-state index contributed by atoms with van der Waals surface area (Å²) < 4.78 is 11.4. The van der Waals surface area contributed by atoms with E-state index in [0.29, 0.717) is 11.5 Å². The molecule has 5 heteroatoms. The van der Waals surface area contributed by atoms with Crippen LogP contribution < -0.4 is 10.1 Å². The normalized spacial score (nSPS) is 18.2. The van der Waals surface area contributed by atoms with E-state index in [1.807, 2.05) is 42.5 Å². The molecule has 142 valence electrons. The third-order valence-electron chi connectivity index (χ3n) is 5.02. The fourth-order valence-corrected chi connectivity index (χ4v) is 3.49. The largest absolute Gasteiger partial charge is 0.497 e. The lowest BCUT2D eigenvalue weighted by Crippen LogP contribution is -2.24. The first kappa shape index (κ1) is 18.1. The van der Waals surface area contributed by atoms with Gasteiger partial charge in [0.1, 0.15) is 17.0 Å². The zero-order valence-corrected chi connectivity index (χ0v) is 16.3. The van der Waals surface area contributed by atoms with Gasteiger partial charge in [-0.2, -0.15) is 5.26 Å². The molecule has 0 saturated carbocycles. The molecule has 0 fully saturated rings. The van der Waals surface area contributed by atoms with Crippen molar-refractivity contribution in [1.82, 2.24) is 5.32 Å². The third-order valence-corrected chi connectivity index (χ3v) is 5.02. The van der Waals surface area contributed by atoms with Gasteiger partial charge >= 0.3 is 0 Å². The summed E-state index contributed by atoms with van der Waals surface area (Å²) in [6.45, 7) is 5.29. The average Bonchev–Trinajstić information content (AvgIpc) is 3.27. The zero-order valence-electron chi connectivity index (χ0n) is 16.3. The topological polar surface area (TPSA) is 70.5 Å². The van der Waals surface area contributed by atoms with Crippen molar-refractivity contribution in [2.45, 2.75) is 20.3 Å². The monoisotopic (exact) mass is 373 g/mol. The number of nitrogens with zero attached hydrogens (tertiary/aromatic N) is 2. The molecule has 1 aliphatic heterocycles. The van der Waals surface area contributed by atoms with E-state index >= 15 is 0 Å². The van der Waals surface area contributed by atoms with Crippen LogP contribution in [0.4, 0.5) is 0 Å². The second kappa shape index (κ2) is 7.40. The molecule has 1 N–H and O–H groups in total. The second-order valence-corrected chi connectivity index (χ2v) is 7.47. The van der Waals surface area contributed by atoms with Gasteiger partial charge in [-0.3, -0.25) is 0 Å². The van der Waals surface area contributed by atoms with Crippen LogP contribution in [0.3, 0.4) is 0 Å². The highest BCUT2D eigenvalue weighted by Gasteiger charge is 2.31. The van der Waals surface area contributed by atoms with E-state index in [1.165, 1.54) is 0 Å². The maximum atomic E-state index is 9.22. The molecule has 0 saturated heterocycles. The average molecular weight is 373 g/mol.